The minimum atomic E-state index is -3.15. The largest absolute Gasteiger partial charge is 0.389 e. The predicted octanol–water partition coefficient (Wildman–Crippen LogP) is 0.619. The number of rotatable bonds is 6. The summed E-state index contributed by atoms with van der Waals surface area (Å²) in [7, 11) is -3.15. The predicted molar refractivity (Wildman–Crippen MR) is 55.5 cm³/mol. The lowest BCUT2D eigenvalue weighted by Crippen LogP contribution is -2.43. The molecule has 0 heterocycles. The first-order valence-electron chi connectivity index (χ1n) is 5.14. The third-order valence-corrected chi connectivity index (χ3v) is 4.78. The van der Waals surface area contributed by atoms with Crippen LogP contribution >= 0.6 is 0 Å². The minimum Gasteiger partial charge on any atom is -0.389 e. The Morgan fingerprint density at radius 2 is 1.86 bits per heavy atom. The van der Waals surface area contributed by atoms with Crippen LogP contribution in [0.5, 0.6) is 0 Å². The van der Waals surface area contributed by atoms with Crippen molar-refractivity contribution in [1.82, 2.24) is 4.72 Å². The van der Waals surface area contributed by atoms with Gasteiger partial charge in [0.2, 0.25) is 10.0 Å². The molecule has 1 fully saturated rings. The number of hydrogen-bond acceptors (Lipinski definition) is 3. The maximum Gasteiger partial charge on any atom is 0.214 e. The van der Waals surface area contributed by atoms with Gasteiger partial charge in [-0.2, -0.15) is 0 Å². The van der Waals surface area contributed by atoms with Crippen molar-refractivity contribution < 1.29 is 13.5 Å². The van der Waals surface area contributed by atoms with Crippen LogP contribution in [0.3, 0.4) is 0 Å². The van der Waals surface area contributed by atoms with Crippen molar-refractivity contribution in [2.24, 2.45) is 0 Å². The lowest BCUT2D eigenvalue weighted by Gasteiger charge is -2.25. The van der Waals surface area contributed by atoms with E-state index in [1.54, 1.807) is 0 Å². The molecule has 0 saturated heterocycles. The summed E-state index contributed by atoms with van der Waals surface area (Å²) in [6, 6.07) is 0. The molecule has 1 aliphatic carbocycles. The summed E-state index contributed by atoms with van der Waals surface area (Å²) in [6.07, 6.45) is 2.64. The highest BCUT2D eigenvalue weighted by Gasteiger charge is 2.36. The average Bonchev–Trinajstić information content (AvgIpc) is 2.98. The number of sulfonamides is 1. The lowest BCUT2D eigenvalue weighted by atomic mass is 9.98. The van der Waals surface area contributed by atoms with Crippen LogP contribution in [-0.4, -0.2) is 30.9 Å². The molecular weight excluding hydrogens is 202 g/mol. The standard InChI is InChI=1S/C9H19NO3S/c1-3-9(11,4-2)7-10-14(12,13)8-5-6-8/h8,10-11H,3-7H2,1-2H3. The van der Waals surface area contributed by atoms with Gasteiger partial charge >= 0.3 is 0 Å². The Bertz CT molecular complexity index is 278. The molecule has 0 amide bonds. The van der Waals surface area contributed by atoms with Crippen LogP contribution in [0.25, 0.3) is 0 Å². The van der Waals surface area contributed by atoms with Crippen molar-refractivity contribution >= 4 is 10.0 Å². The van der Waals surface area contributed by atoms with Crippen LogP contribution in [0.15, 0.2) is 0 Å². The van der Waals surface area contributed by atoms with Gasteiger partial charge in [-0.25, -0.2) is 13.1 Å². The van der Waals surface area contributed by atoms with Crippen molar-refractivity contribution in [3.63, 3.8) is 0 Å². The first-order valence-corrected chi connectivity index (χ1v) is 6.69. The van der Waals surface area contributed by atoms with Gasteiger partial charge in [0.25, 0.3) is 0 Å². The van der Waals surface area contributed by atoms with E-state index in [-0.39, 0.29) is 11.8 Å². The first-order chi connectivity index (χ1) is 6.43. The van der Waals surface area contributed by atoms with E-state index in [0.29, 0.717) is 12.8 Å². The highest BCUT2D eigenvalue weighted by atomic mass is 32.2. The van der Waals surface area contributed by atoms with E-state index in [9.17, 15) is 13.5 Å². The summed E-state index contributed by atoms with van der Waals surface area (Å²) in [4.78, 5) is 0. The van der Waals surface area contributed by atoms with E-state index >= 15 is 0 Å². The van der Waals surface area contributed by atoms with E-state index in [0.717, 1.165) is 12.8 Å². The van der Waals surface area contributed by atoms with Gasteiger partial charge in [0.1, 0.15) is 0 Å². The molecule has 0 atom stereocenters. The highest BCUT2D eigenvalue weighted by Crippen LogP contribution is 2.27. The summed E-state index contributed by atoms with van der Waals surface area (Å²) in [5.74, 6) is 0. The Morgan fingerprint density at radius 3 is 2.21 bits per heavy atom. The second-order valence-electron chi connectivity index (χ2n) is 4.00. The summed E-state index contributed by atoms with van der Waals surface area (Å²) >= 11 is 0. The lowest BCUT2D eigenvalue weighted by molar-refractivity contribution is 0.0377. The molecule has 0 bridgehead atoms. The normalized spacial score (nSPS) is 18.5. The molecule has 0 aliphatic heterocycles. The van der Waals surface area contributed by atoms with Crippen molar-refractivity contribution in [2.45, 2.75) is 50.4 Å². The smallest absolute Gasteiger partial charge is 0.214 e. The second kappa shape index (κ2) is 4.16. The van der Waals surface area contributed by atoms with Gasteiger partial charge in [0.05, 0.1) is 10.9 Å². The fraction of sp³-hybridized carbons (Fsp3) is 1.00. The molecular formula is C9H19NO3S. The third kappa shape index (κ3) is 2.93. The molecule has 0 aromatic rings. The molecule has 1 rings (SSSR count). The van der Waals surface area contributed by atoms with E-state index in [1.807, 2.05) is 13.8 Å². The van der Waals surface area contributed by atoms with Gasteiger partial charge in [0.15, 0.2) is 0 Å². The van der Waals surface area contributed by atoms with Crippen LogP contribution in [0.2, 0.25) is 0 Å². The summed E-state index contributed by atoms with van der Waals surface area (Å²) < 4.78 is 25.4. The van der Waals surface area contributed by atoms with Crippen molar-refractivity contribution in [3.8, 4) is 0 Å². The van der Waals surface area contributed by atoms with Crippen LogP contribution in [-0.2, 0) is 10.0 Å². The minimum absolute atomic E-state index is 0.138. The molecule has 2 N–H and O–H groups in total. The van der Waals surface area contributed by atoms with Gasteiger partial charge in [0, 0.05) is 6.54 Å². The molecule has 0 aromatic heterocycles. The zero-order valence-electron chi connectivity index (χ0n) is 8.78. The molecule has 14 heavy (non-hydrogen) atoms. The topological polar surface area (TPSA) is 66.4 Å². The van der Waals surface area contributed by atoms with Crippen molar-refractivity contribution in [1.29, 1.82) is 0 Å². The Labute approximate surface area is 85.8 Å². The van der Waals surface area contributed by atoms with E-state index < -0.39 is 15.6 Å². The molecule has 0 spiro atoms. The zero-order chi connectivity index (χ0) is 10.8. The van der Waals surface area contributed by atoms with Crippen LogP contribution in [0.1, 0.15) is 39.5 Å². The van der Waals surface area contributed by atoms with Gasteiger partial charge in [-0.15, -0.1) is 0 Å². The fourth-order valence-electron chi connectivity index (χ4n) is 1.23. The summed E-state index contributed by atoms with van der Waals surface area (Å²) in [5, 5.41) is 9.66. The van der Waals surface area contributed by atoms with E-state index in [4.69, 9.17) is 0 Å². The molecule has 0 radical (unpaired) electrons. The van der Waals surface area contributed by atoms with Crippen LogP contribution < -0.4 is 4.72 Å². The SMILES string of the molecule is CCC(O)(CC)CNS(=O)(=O)C1CC1. The van der Waals surface area contributed by atoms with Gasteiger partial charge in [-0.3, -0.25) is 0 Å². The average molecular weight is 221 g/mol. The van der Waals surface area contributed by atoms with E-state index in [1.165, 1.54) is 0 Å². The molecule has 0 aromatic carbocycles. The molecule has 1 saturated carbocycles. The Hall–Kier alpha value is -0.130. The van der Waals surface area contributed by atoms with Gasteiger partial charge in [-0.1, -0.05) is 13.8 Å². The molecule has 0 unspecified atom stereocenters. The Morgan fingerprint density at radius 1 is 1.36 bits per heavy atom. The monoisotopic (exact) mass is 221 g/mol. The first kappa shape index (κ1) is 11.9. The highest BCUT2D eigenvalue weighted by molar-refractivity contribution is 7.90. The zero-order valence-corrected chi connectivity index (χ0v) is 9.60. The van der Waals surface area contributed by atoms with Gasteiger partial charge in [-0.05, 0) is 25.7 Å². The summed E-state index contributed by atoms with van der Waals surface area (Å²) in [5.41, 5.74) is -0.887. The summed E-state index contributed by atoms with van der Waals surface area (Å²) in [6.45, 7) is 3.85. The molecule has 84 valence electrons. The maximum atomic E-state index is 11.4. The molecule has 5 heteroatoms. The third-order valence-electron chi connectivity index (χ3n) is 2.88. The quantitative estimate of drug-likeness (QED) is 0.691. The second-order valence-corrected chi connectivity index (χ2v) is 6.04. The van der Waals surface area contributed by atoms with Crippen LogP contribution in [0.4, 0.5) is 0 Å². The fourth-order valence-corrected chi connectivity index (χ4v) is 2.69. The maximum absolute atomic E-state index is 11.4. The number of aliphatic hydroxyl groups is 1. The Kier molecular flexibility index (Phi) is 3.55. The van der Waals surface area contributed by atoms with Crippen LogP contribution in [0, 0.1) is 0 Å². The Balaban J connectivity index is 2.46. The number of nitrogens with one attached hydrogen (secondary N) is 1. The van der Waals surface area contributed by atoms with Gasteiger partial charge < -0.3 is 5.11 Å². The van der Waals surface area contributed by atoms with Crippen molar-refractivity contribution in [3.05, 3.63) is 0 Å². The van der Waals surface area contributed by atoms with E-state index in [2.05, 4.69) is 4.72 Å². The molecule has 1 aliphatic rings. The number of hydrogen-bond donors (Lipinski definition) is 2. The van der Waals surface area contributed by atoms with Crippen molar-refractivity contribution in [2.75, 3.05) is 6.54 Å². The molecule has 4 nitrogen and oxygen atoms in total.